The molecule has 0 aliphatic rings. The van der Waals surface area contributed by atoms with Crippen LogP contribution in [0.2, 0.25) is 0 Å². The number of ether oxygens (including phenoxy) is 1. The van der Waals surface area contributed by atoms with Gasteiger partial charge in [0.15, 0.2) is 5.76 Å². The molecule has 0 bridgehead atoms. The Morgan fingerprint density at radius 1 is 1.16 bits per heavy atom. The average molecular weight is 404 g/mol. The first-order valence-corrected chi connectivity index (χ1v) is 8.43. The lowest BCUT2D eigenvalue weighted by Crippen LogP contribution is -2.08. The molecule has 0 radical (unpaired) electrons. The highest BCUT2D eigenvalue weighted by atomic mass is 79.9. The number of hydrogen-bond acceptors (Lipinski definition) is 4. The normalized spacial score (nSPS) is 10.7. The summed E-state index contributed by atoms with van der Waals surface area (Å²) in [6.45, 7) is 1.86. The molecular formula is C19H15BrFNO3. The fraction of sp³-hybridized carbons (Fsp3) is 0.158. The Morgan fingerprint density at radius 3 is 2.52 bits per heavy atom. The highest BCUT2D eigenvalue weighted by Crippen LogP contribution is 2.26. The lowest BCUT2D eigenvalue weighted by Gasteiger charge is -2.04. The van der Waals surface area contributed by atoms with E-state index >= 15 is 0 Å². The summed E-state index contributed by atoms with van der Waals surface area (Å²) in [4.78, 5) is 12.0. The molecule has 0 spiro atoms. The predicted octanol–water partition coefficient (Wildman–Crippen LogP) is 4.84. The van der Waals surface area contributed by atoms with E-state index in [1.807, 2.05) is 31.2 Å². The van der Waals surface area contributed by atoms with Gasteiger partial charge in [-0.25, -0.2) is 4.39 Å². The highest BCUT2D eigenvalue weighted by Gasteiger charge is 2.15. The summed E-state index contributed by atoms with van der Waals surface area (Å²) in [5, 5.41) is 3.95. The monoisotopic (exact) mass is 403 g/mol. The molecule has 3 aromatic rings. The topological polar surface area (TPSA) is 52.3 Å². The van der Waals surface area contributed by atoms with Gasteiger partial charge in [0, 0.05) is 15.6 Å². The number of halogens is 2. The second kappa shape index (κ2) is 7.61. The van der Waals surface area contributed by atoms with Gasteiger partial charge in [-0.15, -0.1) is 0 Å². The molecule has 1 heterocycles. The van der Waals surface area contributed by atoms with Gasteiger partial charge in [0.2, 0.25) is 0 Å². The third-order valence-corrected chi connectivity index (χ3v) is 4.29. The molecule has 0 N–H and O–H groups in total. The molecule has 0 atom stereocenters. The van der Waals surface area contributed by atoms with Gasteiger partial charge < -0.3 is 9.26 Å². The fourth-order valence-electron chi connectivity index (χ4n) is 2.34. The Balaban J connectivity index is 1.62. The molecule has 0 saturated heterocycles. The van der Waals surface area contributed by atoms with Crippen molar-refractivity contribution in [2.24, 2.45) is 0 Å². The van der Waals surface area contributed by atoms with Crippen molar-refractivity contribution < 1.29 is 18.4 Å². The smallest absolute Gasteiger partial charge is 0.310 e. The molecule has 3 rings (SSSR count). The van der Waals surface area contributed by atoms with E-state index in [4.69, 9.17) is 9.26 Å². The minimum absolute atomic E-state index is 0.0336. The summed E-state index contributed by atoms with van der Waals surface area (Å²) < 4.78 is 24.6. The molecule has 0 aliphatic carbocycles. The van der Waals surface area contributed by atoms with Gasteiger partial charge in [-0.1, -0.05) is 33.2 Å². The maximum Gasteiger partial charge on any atom is 0.310 e. The summed E-state index contributed by atoms with van der Waals surface area (Å²) in [6.07, 6.45) is 0.189. The maximum absolute atomic E-state index is 13.0. The second-order valence-electron chi connectivity index (χ2n) is 5.55. The highest BCUT2D eigenvalue weighted by molar-refractivity contribution is 9.10. The number of carbonyl (C=O) groups excluding carboxylic acids is 1. The summed E-state index contributed by atoms with van der Waals surface area (Å²) in [5.74, 6) is -0.116. The molecule has 0 fully saturated rings. The number of benzene rings is 2. The standard InChI is InChI=1S/C19H15BrFNO3/c1-12-17(22-25-19(12)14-4-8-16(21)9-5-14)11-24-18(23)10-13-2-6-15(20)7-3-13/h2-9H,10-11H2,1H3. The molecule has 0 saturated carbocycles. The molecule has 4 nitrogen and oxygen atoms in total. The second-order valence-corrected chi connectivity index (χ2v) is 6.47. The van der Waals surface area contributed by atoms with Gasteiger partial charge in [-0.05, 0) is 48.9 Å². The Morgan fingerprint density at radius 2 is 1.84 bits per heavy atom. The van der Waals surface area contributed by atoms with E-state index < -0.39 is 0 Å². The van der Waals surface area contributed by atoms with Crippen LogP contribution in [0, 0.1) is 12.7 Å². The van der Waals surface area contributed by atoms with Crippen LogP contribution in [0.15, 0.2) is 57.5 Å². The van der Waals surface area contributed by atoms with Crippen LogP contribution in [0.4, 0.5) is 4.39 Å². The van der Waals surface area contributed by atoms with Gasteiger partial charge in [0.1, 0.15) is 18.1 Å². The lowest BCUT2D eigenvalue weighted by atomic mass is 10.1. The third-order valence-electron chi connectivity index (χ3n) is 3.76. The number of carbonyl (C=O) groups is 1. The number of aromatic nitrogens is 1. The van der Waals surface area contributed by atoms with Crippen molar-refractivity contribution in [2.45, 2.75) is 20.0 Å². The zero-order chi connectivity index (χ0) is 17.8. The van der Waals surface area contributed by atoms with E-state index in [9.17, 15) is 9.18 Å². The number of nitrogens with zero attached hydrogens (tertiary/aromatic N) is 1. The summed E-state index contributed by atoms with van der Waals surface area (Å²) in [5.41, 5.74) is 2.91. The molecule has 2 aromatic carbocycles. The lowest BCUT2D eigenvalue weighted by molar-refractivity contribution is -0.144. The summed E-state index contributed by atoms with van der Waals surface area (Å²) >= 11 is 3.35. The Kier molecular flexibility index (Phi) is 5.28. The predicted molar refractivity (Wildman–Crippen MR) is 94.3 cm³/mol. The van der Waals surface area contributed by atoms with Crippen molar-refractivity contribution in [3.05, 3.63) is 75.6 Å². The Bertz CT molecular complexity index is 873. The molecule has 25 heavy (non-hydrogen) atoms. The van der Waals surface area contributed by atoms with Crippen molar-refractivity contribution >= 4 is 21.9 Å². The first kappa shape index (κ1) is 17.4. The van der Waals surface area contributed by atoms with Gasteiger partial charge >= 0.3 is 5.97 Å². The van der Waals surface area contributed by atoms with Crippen molar-refractivity contribution in [2.75, 3.05) is 0 Å². The molecule has 0 amide bonds. The summed E-state index contributed by atoms with van der Waals surface area (Å²) in [6, 6.07) is 13.4. The van der Waals surface area contributed by atoms with Crippen LogP contribution in [-0.4, -0.2) is 11.1 Å². The van der Waals surface area contributed by atoms with Gasteiger partial charge in [-0.2, -0.15) is 0 Å². The molecule has 1 aromatic heterocycles. The fourth-order valence-corrected chi connectivity index (χ4v) is 2.61. The van der Waals surface area contributed by atoms with Crippen molar-refractivity contribution in [1.82, 2.24) is 5.16 Å². The van der Waals surface area contributed by atoms with E-state index in [0.29, 0.717) is 11.5 Å². The van der Waals surface area contributed by atoms with Gasteiger partial charge in [0.25, 0.3) is 0 Å². The SMILES string of the molecule is Cc1c(COC(=O)Cc2ccc(Br)cc2)noc1-c1ccc(F)cc1. The van der Waals surface area contributed by atoms with Crippen LogP contribution in [-0.2, 0) is 22.6 Å². The number of hydrogen-bond donors (Lipinski definition) is 0. The van der Waals surface area contributed by atoms with E-state index in [2.05, 4.69) is 21.1 Å². The van der Waals surface area contributed by atoms with Crippen LogP contribution < -0.4 is 0 Å². The van der Waals surface area contributed by atoms with Gasteiger partial charge in [0.05, 0.1) is 6.42 Å². The zero-order valence-electron chi connectivity index (χ0n) is 13.5. The van der Waals surface area contributed by atoms with Crippen molar-refractivity contribution in [1.29, 1.82) is 0 Å². The zero-order valence-corrected chi connectivity index (χ0v) is 15.0. The van der Waals surface area contributed by atoms with Crippen LogP contribution in [0.5, 0.6) is 0 Å². The van der Waals surface area contributed by atoms with Crippen LogP contribution in [0.25, 0.3) is 11.3 Å². The Labute approximate surface area is 152 Å². The maximum atomic E-state index is 13.0. The molecule has 128 valence electrons. The van der Waals surface area contributed by atoms with Crippen LogP contribution in [0.1, 0.15) is 16.8 Å². The van der Waals surface area contributed by atoms with Crippen LogP contribution >= 0.6 is 15.9 Å². The molecule has 6 heteroatoms. The van der Waals surface area contributed by atoms with Crippen molar-refractivity contribution in [3.63, 3.8) is 0 Å². The molecule has 0 unspecified atom stereocenters. The Hall–Kier alpha value is -2.47. The third kappa shape index (κ3) is 4.33. The van der Waals surface area contributed by atoms with E-state index in [-0.39, 0.29) is 24.8 Å². The van der Waals surface area contributed by atoms with E-state index in [1.165, 1.54) is 12.1 Å². The first-order chi connectivity index (χ1) is 12.0. The largest absolute Gasteiger partial charge is 0.459 e. The summed E-state index contributed by atoms with van der Waals surface area (Å²) in [7, 11) is 0. The minimum Gasteiger partial charge on any atom is -0.459 e. The van der Waals surface area contributed by atoms with E-state index in [0.717, 1.165) is 21.2 Å². The average Bonchev–Trinajstić information content (AvgIpc) is 2.97. The van der Waals surface area contributed by atoms with Crippen molar-refractivity contribution in [3.8, 4) is 11.3 Å². The molecule has 0 aliphatic heterocycles. The first-order valence-electron chi connectivity index (χ1n) is 7.64. The number of esters is 1. The molecular weight excluding hydrogens is 389 g/mol. The minimum atomic E-state index is -0.340. The van der Waals surface area contributed by atoms with E-state index in [1.54, 1.807) is 12.1 Å². The quantitative estimate of drug-likeness (QED) is 0.572. The van der Waals surface area contributed by atoms with Crippen LogP contribution in [0.3, 0.4) is 0 Å². The number of rotatable bonds is 5. The van der Waals surface area contributed by atoms with Gasteiger partial charge in [-0.3, -0.25) is 4.79 Å².